The zero-order chi connectivity index (χ0) is 29.3. The Kier molecular flexibility index (Phi) is 14.4. The Morgan fingerprint density at radius 3 is 1.98 bits per heavy atom. The fraction of sp³-hybridized carbons (Fsp3) is 0.545. The van der Waals surface area contributed by atoms with Gasteiger partial charge in [-0.1, -0.05) is 63.1 Å². The van der Waals surface area contributed by atoms with Gasteiger partial charge in [-0.2, -0.15) is 0 Å². The van der Waals surface area contributed by atoms with Crippen LogP contribution >= 0.6 is 0 Å². The van der Waals surface area contributed by atoms with Crippen molar-refractivity contribution < 1.29 is 14.4 Å². The molecule has 2 aromatic carbocycles. The molecule has 0 radical (unpaired) electrons. The number of hydrogen-bond acceptors (Lipinski definition) is 5. The fourth-order valence-electron chi connectivity index (χ4n) is 5.27. The van der Waals surface area contributed by atoms with Crippen molar-refractivity contribution in [2.45, 2.75) is 95.9 Å². The summed E-state index contributed by atoms with van der Waals surface area (Å²) in [7, 11) is 1.97. The normalized spacial score (nSPS) is 15.0. The molecule has 1 atom stereocenters. The van der Waals surface area contributed by atoms with Gasteiger partial charge in [0, 0.05) is 29.9 Å². The summed E-state index contributed by atoms with van der Waals surface area (Å²) in [5.41, 5.74) is 8.66. The van der Waals surface area contributed by atoms with E-state index in [4.69, 9.17) is 5.73 Å². The molecule has 0 unspecified atom stereocenters. The molecule has 1 aliphatic rings. The summed E-state index contributed by atoms with van der Waals surface area (Å²) in [5.74, 6) is -0.0514. The van der Waals surface area contributed by atoms with Crippen LogP contribution in [0.25, 0.3) is 0 Å². The topological polar surface area (TPSA) is 117 Å². The van der Waals surface area contributed by atoms with Gasteiger partial charge in [-0.3, -0.25) is 19.3 Å². The summed E-state index contributed by atoms with van der Waals surface area (Å²) in [4.78, 5) is 39.5. The van der Waals surface area contributed by atoms with Gasteiger partial charge >= 0.3 is 0 Å². The molecule has 8 nitrogen and oxygen atoms in total. The average Bonchev–Trinajstić information content (AvgIpc) is 3.40. The van der Waals surface area contributed by atoms with Crippen LogP contribution in [0.1, 0.15) is 89.0 Å². The number of hydrogen-bond donors (Lipinski definition) is 4. The Morgan fingerprint density at radius 1 is 0.756 bits per heavy atom. The Bertz CT molecular complexity index is 1090. The molecule has 1 heterocycles. The van der Waals surface area contributed by atoms with Gasteiger partial charge in [0.15, 0.2) is 0 Å². The van der Waals surface area contributed by atoms with Gasteiger partial charge in [0.25, 0.3) is 0 Å². The number of likely N-dealkylation sites (tertiary alicyclic amines) is 1. The van der Waals surface area contributed by atoms with Gasteiger partial charge in [0.2, 0.25) is 17.7 Å². The first-order valence-electron chi connectivity index (χ1n) is 15.4. The molecule has 41 heavy (non-hydrogen) atoms. The highest BCUT2D eigenvalue weighted by Gasteiger charge is 2.27. The van der Waals surface area contributed by atoms with Crippen LogP contribution in [0.15, 0.2) is 48.5 Å². The molecule has 2 aromatic rings. The lowest BCUT2D eigenvalue weighted by Gasteiger charge is -2.18. The summed E-state index contributed by atoms with van der Waals surface area (Å²) >= 11 is 0. The van der Waals surface area contributed by atoms with Crippen molar-refractivity contribution in [3.05, 3.63) is 54.1 Å². The number of unbranched alkanes of at least 4 members (excludes halogenated alkanes) is 8. The lowest BCUT2D eigenvalue weighted by molar-refractivity contribution is -0.120. The molecule has 1 fully saturated rings. The highest BCUT2D eigenvalue weighted by atomic mass is 16.2. The molecule has 0 saturated carbocycles. The van der Waals surface area contributed by atoms with Crippen LogP contribution in [0.4, 0.5) is 17.1 Å². The standard InChI is InChI=1S/C33H49N5O3/c1-38-24-12-15-30(38)33(41)37-29-14-11-13-28(25-29)36-32(40)22-19-26-17-20-27(21-18-26)35-31(39)16-9-7-5-3-2-4-6-8-10-23-34/h11,13-14,17-18,20-21,25,30H,2-10,12,15-16,19,22-24,34H2,1H3,(H,35,39)(H,36,40)(H,37,41)/t30-/m0/s1. The van der Waals surface area contributed by atoms with E-state index in [0.29, 0.717) is 30.6 Å². The number of anilines is 3. The van der Waals surface area contributed by atoms with E-state index in [2.05, 4.69) is 20.9 Å². The maximum Gasteiger partial charge on any atom is 0.241 e. The van der Waals surface area contributed by atoms with E-state index in [0.717, 1.165) is 56.4 Å². The number of rotatable bonds is 18. The minimum atomic E-state index is -0.102. The van der Waals surface area contributed by atoms with Crippen LogP contribution in [-0.4, -0.2) is 48.8 Å². The van der Waals surface area contributed by atoms with Crippen LogP contribution in [-0.2, 0) is 20.8 Å². The summed E-state index contributed by atoms with van der Waals surface area (Å²) in [6, 6.07) is 14.8. The molecular formula is C33H49N5O3. The minimum absolute atomic E-state index is 0.0102. The number of benzene rings is 2. The van der Waals surface area contributed by atoms with E-state index in [1.165, 1.54) is 38.5 Å². The van der Waals surface area contributed by atoms with Crippen LogP contribution in [0.3, 0.4) is 0 Å². The summed E-state index contributed by atoms with van der Waals surface area (Å²) in [6.07, 6.45) is 14.0. The molecule has 0 aliphatic carbocycles. The monoisotopic (exact) mass is 563 g/mol. The smallest absolute Gasteiger partial charge is 0.241 e. The predicted molar refractivity (Wildman–Crippen MR) is 168 cm³/mol. The zero-order valence-corrected chi connectivity index (χ0v) is 24.8. The Labute approximate surface area is 245 Å². The maximum absolute atomic E-state index is 12.6. The molecule has 0 bridgehead atoms. The summed E-state index contributed by atoms with van der Waals surface area (Å²) in [5, 5.41) is 8.87. The number of aryl methyl sites for hydroxylation is 1. The van der Waals surface area contributed by atoms with E-state index < -0.39 is 0 Å². The SMILES string of the molecule is CN1CCC[C@H]1C(=O)Nc1cccc(NC(=O)CCc2ccc(NC(=O)CCCCCCCCCCCN)cc2)c1. The van der Waals surface area contributed by atoms with Gasteiger partial charge < -0.3 is 21.7 Å². The molecule has 1 saturated heterocycles. The number of carbonyl (C=O) groups excluding carboxylic acids is 3. The first-order chi connectivity index (χ1) is 19.9. The molecule has 0 aromatic heterocycles. The number of amides is 3. The molecule has 3 amide bonds. The molecule has 224 valence electrons. The van der Waals surface area contributed by atoms with Crippen molar-refractivity contribution >= 4 is 34.8 Å². The molecule has 0 spiro atoms. The zero-order valence-electron chi connectivity index (χ0n) is 24.8. The fourth-order valence-corrected chi connectivity index (χ4v) is 5.27. The van der Waals surface area contributed by atoms with Crippen LogP contribution in [0, 0.1) is 0 Å². The van der Waals surface area contributed by atoms with Crippen molar-refractivity contribution in [2.24, 2.45) is 5.73 Å². The highest BCUT2D eigenvalue weighted by molar-refractivity contribution is 5.96. The first kappa shape index (κ1) is 32.3. The van der Waals surface area contributed by atoms with Gasteiger partial charge in [0.05, 0.1) is 6.04 Å². The Hall–Kier alpha value is -3.23. The second-order valence-corrected chi connectivity index (χ2v) is 11.2. The van der Waals surface area contributed by atoms with E-state index in [1.54, 1.807) is 6.07 Å². The largest absolute Gasteiger partial charge is 0.330 e. The number of carbonyl (C=O) groups is 3. The summed E-state index contributed by atoms with van der Waals surface area (Å²) in [6.45, 7) is 1.73. The molecule has 8 heteroatoms. The van der Waals surface area contributed by atoms with E-state index >= 15 is 0 Å². The molecular weight excluding hydrogens is 514 g/mol. The van der Waals surface area contributed by atoms with Gasteiger partial charge in [0.1, 0.15) is 0 Å². The number of nitrogens with zero attached hydrogens (tertiary/aromatic N) is 1. The molecule has 3 rings (SSSR count). The third kappa shape index (κ3) is 12.4. The van der Waals surface area contributed by atoms with Gasteiger partial charge in [-0.15, -0.1) is 0 Å². The number of nitrogens with two attached hydrogens (primary N) is 1. The quantitative estimate of drug-likeness (QED) is 0.164. The molecule has 1 aliphatic heterocycles. The van der Waals surface area contributed by atoms with Crippen molar-refractivity contribution in [3.8, 4) is 0 Å². The first-order valence-corrected chi connectivity index (χ1v) is 15.4. The molecule has 5 N–H and O–H groups in total. The second-order valence-electron chi connectivity index (χ2n) is 11.2. The third-order valence-electron chi connectivity index (χ3n) is 7.72. The number of likely N-dealkylation sites (N-methyl/N-ethyl adjacent to an activating group) is 1. The van der Waals surface area contributed by atoms with Crippen molar-refractivity contribution in [1.82, 2.24) is 4.90 Å². The minimum Gasteiger partial charge on any atom is -0.330 e. The van der Waals surface area contributed by atoms with Crippen LogP contribution in [0.5, 0.6) is 0 Å². The Morgan fingerprint density at radius 2 is 1.34 bits per heavy atom. The van der Waals surface area contributed by atoms with Crippen molar-refractivity contribution in [2.75, 3.05) is 36.1 Å². The predicted octanol–water partition coefficient (Wildman–Crippen LogP) is 6.09. The number of nitrogens with one attached hydrogen (secondary N) is 3. The van der Waals surface area contributed by atoms with Crippen LogP contribution in [0.2, 0.25) is 0 Å². The van der Waals surface area contributed by atoms with E-state index in [1.807, 2.05) is 49.5 Å². The highest BCUT2D eigenvalue weighted by Crippen LogP contribution is 2.20. The van der Waals surface area contributed by atoms with E-state index in [9.17, 15) is 14.4 Å². The third-order valence-corrected chi connectivity index (χ3v) is 7.72. The lowest BCUT2D eigenvalue weighted by atomic mass is 10.1. The lowest BCUT2D eigenvalue weighted by Crippen LogP contribution is -2.37. The summed E-state index contributed by atoms with van der Waals surface area (Å²) < 4.78 is 0. The van der Waals surface area contributed by atoms with Crippen molar-refractivity contribution in [1.29, 1.82) is 0 Å². The van der Waals surface area contributed by atoms with Gasteiger partial charge in [-0.25, -0.2) is 0 Å². The average molecular weight is 564 g/mol. The maximum atomic E-state index is 12.6. The van der Waals surface area contributed by atoms with E-state index in [-0.39, 0.29) is 23.8 Å². The van der Waals surface area contributed by atoms with Crippen LogP contribution < -0.4 is 21.7 Å². The van der Waals surface area contributed by atoms with Gasteiger partial charge in [-0.05, 0) is 88.1 Å². The Balaban J connectivity index is 1.29. The van der Waals surface area contributed by atoms with Crippen molar-refractivity contribution in [3.63, 3.8) is 0 Å². The second kappa shape index (κ2) is 18.3.